The Kier molecular flexibility index (Phi) is 20.0. The summed E-state index contributed by atoms with van der Waals surface area (Å²) in [7, 11) is -19.0. The molecule has 34 heteroatoms. The maximum Gasteiger partial charge on any atom is 0.295 e. The number of hydrogen-bond acceptors (Lipinski definition) is 22. The summed E-state index contributed by atoms with van der Waals surface area (Å²) >= 11 is 0. The predicted molar refractivity (Wildman–Crippen MR) is 305 cm³/mol. The minimum Gasteiger partial charge on any atom is -0.870 e. The van der Waals surface area contributed by atoms with Crippen molar-refractivity contribution in [3.8, 4) is 23.0 Å². The number of carbonyl (C=O) groups excluding carboxylic acids is 4. The molecule has 0 saturated carbocycles. The highest BCUT2D eigenvalue weighted by atomic mass is 32.2. The highest BCUT2D eigenvalue weighted by molar-refractivity contribution is 7.86. The van der Waals surface area contributed by atoms with Gasteiger partial charge in [-0.3, -0.25) is 57.3 Å². The molecule has 4 heterocycles. The van der Waals surface area contributed by atoms with Crippen molar-refractivity contribution >= 4 is 108 Å². The van der Waals surface area contributed by atoms with Crippen LogP contribution in [0, 0.1) is 0 Å². The second-order valence-corrected chi connectivity index (χ2v) is 25.2. The molecule has 4 aromatic carbocycles. The quantitative estimate of drug-likeness (QED) is 0.0254. The van der Waals surface area contributed by atoms with Crippen molar-refractivity contribution in [2.24, 2.45) is 0 Å². The summed E-state index contributed by atoms with van der Waals surface area (Å²) in [5.74, 6) is -6.84. The van der Waals surface area contributed by atoms with E-state index in [9.17, 15) is 91.5 Å². The molecule has 4 aromatic heterocycles. The zero-order valence-electron chi connectivity index (χ0n) is 45.8. The molecule has 4 amide bonds. The molecule has 8 aromatic rings. The first-order valence-electron chi connectivity index (χ1n) is 26.4. The Morgan fingerprint density at radius 3 is 0.739 bits per heavy atom. The van der Waals surface area contributed by atoms with Crippen LogP contribution in [-0.2, 0) is 40.5 Å². The van der Waals surface area contributed by atoms with Crippen molar-refractivity contribution in [3.63, 3.8) is 0 Å². The number of hydrogen-bond donors (Lipinski definition) is 8. The lowest BCUT2D eigenvalue weighted by Crippen LogP contribution is -2.40. The summed E-state index contributed by atoms with van der Waals surface area (Å²) in [6.45, 7) is 1.58. The van der Waals surface area contributed by atoms with E-state index < -0.39 is 107 Å². The Morgan fingerprint density at radius 2 is 0.545 bits per heavy atom. The van der Waals surface area contributed by atoms with Crippen LogP contribution in [-0.4, -0.2) is 171 Å². The second-order valence-electron chi connectivity index (χ2n) is 19.6. The standard InChI is InChI=1S/C54H56N10O20S4/c65-47-35(9-5-31-39(85(73,74)75)13-21-55-43(31)47)51(69)59-17-1-25-63(26-2-18-60-52(70)36-10-6-32-40(86(76,77)78)14-22-56-44(32)48(36)66)29-30-64(27-3-19-61-53(71)37-11-7-33-41(87(79,80)81)15-23-57-45(33)49(37)67)28-4-20-62-54(72)38-12-8-34-42(88(82,83)84)16-24-58-46(34)50(38)68/h5-16,21-24,65-68H,1-4,17-20,25-30H2,(H,59,69)(H,60,70)(H,61,71)(H,62,72)(H,73,74,75)(H,76,77,78)(H,79,80,81)(H,82,83,84)/p-4. The lowest BCUT2D eigenvalue weighted by atomic mass is 10.1. The maximum atomic E-state index is 13.3. The third-order valence-corrected chi connectivity index (χ3v) is 17.5. The van der Waals surface area contributed by atoms with Crippen LogP contribution in [0.3, 0.4) is 0 Å². The Bertz CT molecular complexity index is 3970. The van der Waals surface area contributed by atoms with Crippen molar-refractivity contribution in [2.45, 2.75) is 45.3 Å². The molecule has 0 atom stereocenters. The van der Waals surface area contributed by atoms with E-state index in [1.807, 2.05) is 9.80 Å². The summed E-state index contributed by atoms with van der Waals surface area (Å²) in [4.78, 5) is 70.6. The number of amides is 4. The van der Waals surface area contributed by atoms with Gasteiger partial charge in [0.15, 0.2) is 0 Å². The lowest BCUT2D eigenvalue weighted by Gasteiger charge is -2.28. The van der Waals surface area contributed by atoms with Crippen LogP contribution in [0.2, 0.25) is 0 Å². The summed E-state index contributed by atoms with van der Waals surface area (Å²) in [5.41, 5.74) is -2.94. The molecule has 88 heavy (non-hydrogen) atoms. The van der Waals surface area contributed by atoms with Crippen LogP contribution < -0.4 is 41.7 Å². The molecule has 0 aliphatic rings. The van der Waals surface area contributed by atoms with Crippen molar-refractivity contribution in [2.75, 3.05) is 65.4 Å². The smallest absolute Gasteiger partial charge is 0.295 e. The van der Waals surface area contributed by atoms with Gasteiger partial charge in [-0.2, -0.15) is 33.7 Å². The third kappa shape index (κ3) is 15.1. The van der Waals surface area contributed by atoms with Crippen LogP contribution >= 0.6 is 0 Å². The van der Waals surface area contributed by atoms with Gasteiger partial charge in [0.05, 0.1) is 22.1 Å². The van der Waals surface area contributed by atoms with Gasteiger partial charge in [0, 0.05) is 108 Å². The van der Waals surface area contributed by atoms with E-state index in [2.05, 4.69) is 41.2 Å². The molecule has 8 rings (SSSR count). The average molecular weight is 1290 g/mol. The minimum atomic E-state index is -4.75. The number of nitrogens with zero attached hydrogens (tertiary/aromatic N) is 6. The summed E-state index contributed by atoms with van der Waals surface area (Å²) in [5, 5.41) is 63.1. The van der Waals surface area contributed by atoms with Crippen LogP contribution in [0.25, 0.3) is 43.6 Å². The summed E-state index contributed by atoms with van der Waals surface area (Å²) in [6, 6.07) is 13.0. The number of pyridine rings is 4. The number of fused-ring (bicyclic) bond motifs is 4. The second kappa shape index (κ2) is 27.0. The fourth-order valence-electron chi connectivity index (χ4n) is 9.64. The Morgan fingerprint density at radius 1 is 0.341 bits per heavy atom. The molecule has 0 saturated heterocycles. The van der Waals surface area contributed by atoms with E-state index in [4.69, 9.17) is 0 Å². The van der Waals surface area contributed by atoms with Gasteiger partial charge in [0.1, 0.15) is 19.6 Å². The summed E-state index contributed by atoms with van der Waals surface area (Å²) in [6.07, 6.45) is 4.99. The molecule has 0 radical (unpaired) electrons. The molecule has 0 spiro atoms. The molecular formula is C54H52N10O20S4-4. The third-order valence-electron chi connectivity index (χ3n) is 13.9. The van der Waals surface area contributed by atoms with Gasteiger partial charge < -0.3 is 51.5 Å². The van der Waals surface area contributed by atoms with Crippen molar-refractivity contribution < 1.29 is 91.5 Å². The first-order valence-corrected chi connectivity index (χ1v) is 32.1. The molecule has 0 fully saturated rings. The first-order chi connectivity index (χ1) is 41.6. The highest BCUT2D eigenvalue weighted by Gasteiger charge is 2.23. The van der Waals surface area contributed by atoms with Gasteiger partial charge in [0.2, 0.25) is 0 Å². The fraction of sp³-hybridized carbons (Fsp3) is 0.259. The van der Waals surface area contributed by atoms with Gasteiger partial charge >= 0.3 is 0 Å². The van der Waals surface area contributed by atoms with Gasteiger partial charge in [0.25, 0.3) is 64.1 Å². The van der Waals surface area contributed by atoms with E-state index in [1.54, 1.807) is 0 Å². The first kappa shape index (κ1) is 65.1. The largest absolute Gasteiger partial charge is 0.870 e. The van der Waals surface area contributed by atoms with Crippen LogP contribution in [0.15, 0.2) is 117 Å². The average Bonchev–Trinajstić information content (AvgIpc) is 1.59. The van der Waals surface area contributed by atoms with E-state index in [0.717, 1.165) is 73.3 Å². The van der Waals surface area contributed by atoms with E-state index in [1.165, 1.54) is 24.3 Å². The van der Waals surface area contributed by atoms with Crippen LogP contribution in [0.5, 0.6) is 23.0 Å². The molecule has 466 valence electrons. The summed E-state index contributed by atoms with van der Waals surface area (Å²) < 4.78 is 134. The SMILES string of the molecule is O=C(NCCCN(CCCNC(=O)c1ccc2c(S(=O)(=O)O)ccnc2c1[O-])CCN(CCCNC(=O)c1ccc2c(S(=O)(=O)O)ccnc2c1[O-])CCCNC(=O)c1ccc2c(S(=O)(=O)O)ccnc2c1[O-])c1ccc2c(S(=O)(=O)O)ccnc2c1[O-]. The Hall–Kier alpha value is -8.84. The number of carbonyl (C=O) groups is 4. The number of nitrogens with one attached hydrogen (secondary N) is 4. The van der Waals surface area contributed by atoms with Crippen molar-refractivity contribution in [1.29, 1.82) is 0 Å². The minimum absolute atomic E-state index is 0.00714. The molecule has 8 N–H and O–H groups in total. The fourth-order valence-corrected chi connectivity index (χ4v) is 12.3. The van der Waals surface area contributed by atoms with Crippen molar-refractivity contribution in [3.05, 3.63) is 120 Å². The normalized spacial score (nSPS) is 12.3. The van der Waals surface area contributed by atoms with Gasteiger partial charge in [-0.15, -0.1) is 0 Å². The van der Waals surface area contributed by atoms with E-state index >= 15 is 0 Å². The van der Waals surface area contributed by atoms with Crippen LogP contribution in [0.4, 0.5) is 0 Å². The van der Waals surface area contributed by atoms with E-state index in [-0.39, 0.29) is 157 Å². The molecule has 0 bridgehead atoms. The molecule has 0 unspecified atom stereocenters. The Balaban J connectivity index is 0.963. The molecule has 0 aliphatic heterocycles. The predicted octanol–water partition coefficient (Wildman–Crippen LogP) is 0.345. The van der Waals surface area contributed by atoms with Crippen molar-refractivity contribution in [1.82, 2.24) is 51.0 Å². The van der Waals surface area contributed by atoms with Gasteiger partial charge in [-0.25, -0.2) is 0 Å². The van der Waals surface area contributed by atoms with Crippen LogP contribution in [0.1, 0.15) is 67.1 Å². The zero-order chi connectivity index (χ0) is 63.9. The van der Waals surface area contributed by atoms with E-state index in [0.29, 0.717) is 0 Å². The van der Waals surface area contributed by atoms with Gasteiger partial charge in [-0.1, -0.05) is 47.3 Å². The molecule has 0 aliphatic carbocycles. The highest BCUT2D eigenvalue weighted by Crippen LogP contribution is 2.33. The number of aromatic nitrogens is 4. The monoisotopic (exact) mass is 1290 g/mol. The number of rotatable bonds is 27. The Labute approximate surface area is 501 Å². The van der Waals surface area contributed by atoms with Gasteiger partial charge in [-0.05, 0) is 100 Å². The topological polar surface area (TPSA) is 484 Å². The lowest BCUT2D eigenvalue weighted by molar-refractivity contribution is -0.267. The molecular weight excluding hydrogens is 1240 g/mol. The zero-order valence-corrected chi connectivity index (χ0v) is 49.0. The molecule has 30 nitrogen and oxygen atoms in total. The number of benzene rings is 4. The maximum absolute atomic E-state index is 13.3.